The molecule has 0 atom stereocenters. The molecule has 0 saturated heterocycles. The fraction of sp³-hybridized carbons (Fsp3) is 0.111. The van der Waals surface area contributed by atoms with Gasteiger partial charge in [0.2, 0.25) is 0 Å². The van der Waals surface area contributed by atoms with Crippen LogP contribution in [-0.2, 0) is 0 Å². The van der Waals surface area contributed by atoms with Gasteiger partial charge in [-0.1, -0.05) is 27.5 Å². The summed E-state index contributed by atoms with van der Waals surface area (Å²) >= 11 is 9.14. The van der Waals surface area contributed by atoms with Gasteiger partial charge in [-0.15, -0.1) is 0 Å². The highest BCUT2D eigenvalue weighted by atomic mass is 79.9. The first kappa shape index (κ1) is 12.8. The van der Waals surface area contributed by atoms with Gasteiger partial charge < -0.3 is 10.6 Å². The van der Waals surface area contributed by atoms with Gasteiger partial charge in [-0.25, -0.2) is 4.79 Å². The van der Waals surface area contributed by atoms with Crippen molar-refractivity contribution in [2.24, 2.45) is 0 Å². The number of benzene rings is 1. The largest absolute Gasteiger partial charge is 0.359 e. The molecule has 1 aromatic rings. The summed E-state index contributed by atoms with van der Waals surface area (Å²) in [6, 6.07) is 4.57. The smallest absolute Gasteiger partial charge is 0.326 e. The molecule has 0 unspecified atom stereocenters. The van der Waals surface area contributed by atoms with Gasteiger partial charge in [0.15, 0.2) is 5.96 Å². The van der Waals surface area contributed by atoms with E-state index in [4.69, 9.17) is 17.0 Å². The first-order valence-electron chi connectivity index (χ1n) is 4.32. The van der Waals surface area contributed by atoms with E-state index >= 15 is 0 Å². The van der Waals surface area contributed by atoms with Crippen LogP contribution in [0.2, 0.25) is 5.02 Å². The van der Waals surface area contributed by atoms with Crippen LogP contribution in [0.25, 0.3) is 0 Å². The van der Waals surface area contributed by atoms with Crippen LogP contribution in [0.1, 0.15) is 0 Å². The van der Waals surface area contributed by atoms with Gasteiger partial charge in [0.05, 0.1) is 10.7 Å². The summed E-state index contributed by atoms with van der Waals surface area (Å²) in [5, 5.41) is 14.9. The normalized spacial score (nSPS) is 9.44. The minimum absolute atomic E-state index is 0.0939. The molecule has 0 aromatic heterocycles. The molecule has 86 valence electrons. The molecule has 5 nitrogen and oxygen atoms in total. The third-order valence-electron chi connectivity index (χ3n) is 1.67. The van der Waals surface area contributed by atoms with Gasteiger partial charge in [0, 0.05) is 11.5 Å². The van der Waals surface area contributed by atoms with Crippen LogP contribution in [0.5, 0.6) is 0 Å². The van der Waals surface area contributed by atoms with Crippen molar-refractivity contribution >= 4 is 45.2 Å². The summed E-state index contributed by atoms with van der Waals surface area (Å²) in [5.74, 6) is -0.0939. The van der Waals surface area contributed by atoms with E-state index < -0.39 is 6.03 Å². The fourth-order valence-electron chi connectivity index (χ4n) is 0.923. The maximum atomic E-state index is 11.4. The van der Waals surface area contributed by atoms with Gasteiger partial charge in [-0.3, -0.25) is 10.7 Å². The molecule has 0 bridgehead atoms. The third kappa shape index (κ3) is 3.71. The van der Waals surface area contributed by atoms with Gasteiger partial charge in [-0.2, -0.15) is 0 Å². The Bertz CT molecular complexity index is 424. The van der Waals surface area contributed by atoms with E-state index in [0.717, 1.165) is 4.47 Å². The van der Waals surface area contributed by atoms with Gasteiger partial charge in [-0.05, 0) is 18.2 Å². The number of halogens is 2. The van der Waals surface area contributed by atoms with Gasteiger partial charge >= 0.3 is 6.03 Å². The highest BCUT2D eigenvalue weighted by Crippen LogP contribution is 2.25. The lowest BCUT2D eigenvalue weighted by Crippen LogP contribution is -2.40. The van der Waals surface area contributed by atoms with E-state index in [1.54, 1.807) is 18.2 Å². The first-order chi connectivity index (χ1) is 7.52. The summed E-state index contributed by atoms with van der Waals surface area (Å²) in [4.78, 5) is 11.4. The maximum Gasteiger partial charge on any atom is 0.326 e. The molecule has 0 aliphatic heterocycles. The SMILES string of the molecule is CNC(=N)NC(=O)Nc1cc(Br)ccc1Cl. The number of nitrogens with one attached hydrogen (secondary N) is 4. The summed E-state index contributed by atoms with van der Waals surface area (Å²) in [6.45, 7) is 0. The summed E-state index contributed by atoms with van der Waals surface area (Å²) in [7, 11) is 1.54. The van der Waals surface area contributed by atoms with Crippen LogP contribution in [0, 0.1) is 5.41 Å². The lowest BCUT2D eigenvalue weighted by atomic mass is 10.3. The first-order valence-corrected chi connectivity index (χ1v) is 5.49. The average Bonchev–Trinajstić information content (AvgIpc) is 2.23. The lowest BCUT2D eigenvalue weighted by Gasteiger charge is -2.09. The van der Waals surface area contributed by atoms with Crippen LogP contribution >= 0.6 is 27.5 Å². The second-order valence-electron chi connectivity index (χ2n) is 2.83. The van der Waals surface area contributed by atoms with E-state index in [0.29, 0.717) is 10.7 Å². The minimum Gasteiger partial charge on any atom is -0.359 e. The number of carbonyl (C=O) groups is 1. The molecule has 0 saturated carbocycles. The highest BCUT2D eigenvalue weighted by molar-refractivity contribution is 9.10. The van der Waals surface area contributed by atoms with Gasteiger partial charge in [0.1, 0.15) is 0 Å². The van der Waals surface area contributed by atoms with Gasteiger partial charge in [0.25, 0.3) is 0 Å². The molecule has 0 radical (unpaired) electrons. The molecular formula is C9H10BrClN4O. The molecule has 0 aliphatic carbocycles. The Kier molecular flexibility index (Phi) is 4.57. The Morgan fingerprint density at radius 3 is 2.81 bits per heavy atom. The quantitative estimate of drug-likeness (QED) is 0.475. The second kappa shape index (κ2) is 5.72. The van der Waals surface area contributed by atoms with Crippen LogP contribution in [-0.4, -0.2) is 19.0 Å². The number of carbonyl (C=O) groups excluding carboxylic acids is 1. The molecule has 2 amide bonds. The minimum atomic E-state index is -0.528. The number of rotatable bonds is 1. The lowest BCUT2D eigenvalue weighted by molar-refractivity contribution is 0.256. The maximum absolute atomic E-state index is 11.4. The molecule has 1 rings (SSSR count). The average molecular weight is 306 g/mol. The van der Waals surface area contributed by atoms with Crippen LogP contribution < -0.4 is 16.0 Å². The summed E-state index contributed by atoms with van der Waals surface area (Å²) < 4.78 is 0.802. The Balaban J connectivity index is 2.69. The highest BCUT2D eigenvalue weighted by Gasteiger charge is 2.06. The third-order valence-corrected chi connectivity index (χ3v) is 2.49. The Morgan fingerprint density at radius 1 is 1.50 bits per heavy atom. The summed E-state index contributed by atoms with van der Waals surface area (Å²) in [5.41, 5.74) is 0.470. The topological polar surface area (TPSA) is 77.0 Å². The van der Waals surface area contributed by atoms with E-state index in [1.807, 2.05) is 0 Å². The number of amides is 2. The van der Waals surface area contributed by atoms with E-state index in [1.165, 1.54) is 7.05 Å². The molecule has 0 fully saturated rings. The fourth-order valence-corrected chi connectivity index (χ4v) is 1.45. The Morgan fingerprint density at radius 2 is 2.19 bits per heavy atom. The zero-order valence-electron chi connectivity index (χ0n) is 8.40. The van der Waals surface area contributed by atoms with Crippen molar-refractivity contribution < 1.29 is 4.79 Å². The second-order valence-corrected chi connectivity index (χ2v) is 4.15. The molecule has 1 aromatic carbocycles. The molecule has 0 heterocycles. The Hall–Kier alpha value is -1.27. The van der Waals surface area contributed by atoms with Crippen molar-refractivity contribution in [3.63, 3.8) is 0 Å². The number of hydrogen-bond acceptors (Lipinski definition) is 2. The van der Waals surface area contributed by atoms with E-state index in [-0.39, 0.29) is 5.96 Å². The molecule has 0 spiro atoms. The van der Waals surface area contributed by atoms with Crippen molar-refractivity contribution in [2.75, 3.05) is 12.4 Å². The summed E-state index contributed by atoms with van der Waals surface area (Å²) in [6.07, 6.45) is 0. The zero-order valence-corrected chi connectivity index (χ0v) is 10.7. The molecule has 4 N–H and O–H groups in total. The molecule has 0 aliphatic rings. The zero-order chi connectivity index (χ0) is 12.1. The Labute approximate surface area is 106 Å². The van der Waals surface area contributed by atoms with E-state index in [2.05, 4.69) is 31.9 Å². The standard InChI is InChI=1S/C9H10BrClN4O/c1-13-8(12)15-9(16)14-7-4-5(10)2-3-6(7)11/h2-4H,1H3,(H4,12,13,14,15,16). The van der Waals surface area contributed by atoms with Crippen molar-refractivity contribution in [1.82, 2.24) is 10.6 Å². The van der Waals surface area contributed by atoms with Crippen molar-refractivity contribution in [3.05, 3.63) is 27.7 Å². The van der Waals surface area contributed by atoms with Crippen LogP contribution in [0.3, 0.4) is 0 Å². The van der Waals surface area contributed by atoms with Crippen molar-refractivity contribution in [2.45, 2.75) is 0 Å². The van der Waals surface area contributed by atoms with Crippen molar-refractivity contribution in [1.29, 1.82) is 5.41 Å². The monoisotopic (exact) mass is 304 g/mol. The predicted octanol–water partition coefficient (Wildman–Crippen LogP) is 2.38. The number of anilines is 1. The predicted molar refractivity (Wildman–Crippen MR) is 68.1 cm³/mol. The van der Waals surface area contributed by atoms with Crippen LogP contribution in [0.15, 0.2) is 22.7 Å². The van der Waals surface area contributed by atoms with Crippen LogP contribution in [0.4, 0.5) is 10.5 Å². The van der Waals surface area contributed by atoms with Crippen molar-refractivity contribution in [3.8, 4) is 0 Å². The molecule has 7 heteroatoms. The van der Waals surface area contributed by atoms with E-state index in [9.17, 15) is 4.79 Å². The molecular weight excluding hydrogens is 295 g/mol. The number of urea groups is 1. The molecule has 16 heavy (non-hydrogen) atoms. The number of hydrogen-bond donors (Lipinski definition) is 4. The number of guanidine groups is 1.